The van der Waals surface area contributed by atoms with Crippen LogP contribution in [0.2, 0.25) is 0 Å². The van der Waals surface area contributed by atoms with Crippen LogP contribution in [0, 0.1) is 0 Å². The number of hydrogen-bond donors (Lipinski definition) is 1. The lowest BCUT2D eigenvalue weighted by atomic mass is 10.1. The summed E-state index contributed by atoms with van der Waals surface area (Å²) in [5.41, 5.74) is 6.36. The minimum atomic E-state index is 0.547. The van der Waals surface area contributed by atoms with Crippen LogP contribution in [0.25, 0.3) is 0 Å². The van der Waals surface area contributed by atoms with Gasteiger partial charge in [0.1, 0.15) is 0 Å². The molecule has 1 saturated heterocycles. The average Bonchev–Trinajstić information content (AvgIpc) is 3.05. The van der Waals surface area contributed by atoms with Crippen molar-refractivity contribution in [3.63, 3.8) is 0 Å². The molecule has 1 aromatic rings. The molecule has 1 fully saturated rings. The fourth-order valence-corrected chi connectivity index (χ4v) is 2.65. The number of ether oxygens (including phenoxy) is 3. The van der Waals surface area contributed by atoms with E-state index in [4.69, 9.17) is 19.9 Å². The van der Waals surface area contributed by atoms with Crippen LogP contribution >= 0.6 is 0 Å². The summed E-state index contributed by atoms with van der Waals surface area (Å²) in [6.45, 7) is 8.01. The predicted octanol–water partition coefficient (Wildman–Crippen LogP) is 0.273. The highest BCUT2D eigenvalue weighted by Gasteiger charge is 2.12. The second-order valence-electron chi connectivity index (χ2n) is 5.94. The largest absolute Gasteiger partial charge is 0.378 e. The number of piperidine rings is 1. The smallest absolute Gasteiger partial charge is 0.0967 e. The summed E-state index contributed by atoms with van der Waals surface area (Å²) < 4.78 is 18.0. The Hall–Kier alpha value is -1.06. The zero-order chi connectivity index (χ0) is 16.9. The van der Waals surface area contributed by atoms with Gasteiger partial charge in [0.2, 0.25) is 0 Å². The van der Waals surface area contributed by atoms with Gasteiger partial charge in [0.25, 0.3) is 0 Å². The van der Waals surface area contributed by atoms with E-state index in [1.165, 1.54) is 32.4 Å². The number of hydrogen-bond acceptors (Lipinski definition) is 7. The van der Waals surface area contributed by atoms with Crippen molar-refractivity contribution < 1.29 is 14.2 Å². The van der Waals surface area contributed by atoms with E-state index in [0.29, 0.717) is 52.7 Å². The van der Waals surface area contributed by atoms with Gasteiger partial charge < -0.3 is 19.9 Å². The second-order valence-corrected chi connectivity index (χ2v) is 5.94. The van der Waals surface area contributed by atoms with Crippen LogP contribution in [-0.2, 0) is 27.3 Å². The van der Waals surface area contributed by atoms with Gasteiger partial charge in [0, 0.05) is 19.3 Å². The fourth-order valence-electron chi connectivity index (χ4n) is 2.65. The number of likely N-dealkylation sites (tertiary alicyclic amines) is 1. The molecule has 0 spiro atoms. The molecule has 1 aliphatic heterocycles. The van der Waals surface area contributed by atoms with Crippen LogP contribution < -0.4 is 5.73 Å². The highest BCUT2D eigenvalue weighted by molar-refractivity contribution is 4.92. The SMILES string of the molecule is NCCOCCOCCOCCn1cc(CN2CCCCC2)nn1. The lowest BCUT2D eigenvalue weighted by Gasteiger charge is -2.25. The summed E-state index contributed by atoms with van der Waals surface area (Å²) in [7, 11) is 0. The van der Waals surface area contributed by atoms with Crippen molar-refractivity contribution in [3.8, 4) is 0 Å². The van der Waals surface area contributed by atoms with Crippen molar-refractivity contribution in [1.82, 2.24) is 19.9 Å². The molecular formula is C16H31N5O3. The molecule has 2 rings (SSSR count). The lowest BCUT2D eigenvalue weighted by molar-refractivity contribution is 0.0141. The van der Waals surface area contributed by atoms with Crippen molar-refractivity contribution in [2.75, 3.05) is 59.3 Å². The van der Waals surface area contributed by atoms with Crippen LogP contribution in [0.15, 0.2) is 6.20 Å². The van der Waals surface area contributed by atoms with Crippen LogP contribution in [0.1, 0.15) is 25.0 Å². The first-order valence-corrected chi connectivity index (χ1v) is 8.93. The Kier molecular flexibility index (Phi) is 9.89. The standard InChI is InChI=1S/C16H31N5O3/c17-4-8-22-10-12-24-13-11-23-9-7-21-15-16(18-19-21)14-20-5-2-1-3-6-20/h15H,1-14,17H2. The van der Waals surface area contributed by atoms with Gasteiger partial charge in [0.15, 0.2) is 0 Å². The van der Waals surface area contributed by atoms with E-state index in [2.05, 4.69) is 15.2 Å². The molecule has 2 heterocycles. The Morgan fingerprint density at radius 1 is 0.917 bits per heavy atom. The number of nitrogens with two attached hydrogens (primary N) is 1. The van der Waals surface area contributed by atoms with E-state index >= 15 is 0 Å². The van der Waals surface area contributed by atoms with Gasteiger partial charge in [-0.3, -0.25) is 4.90 Å². The first-order chi connectivity index (χ1) is 11.9. The predicted molar refractivity (Wildman–Crippen MR) is 90.7 cm³/mol. The third-order valence-electron chi connectivity index (χ3n) is 3.89. The van der Waals surface area contributed by atoms with Gasteiger partial charge in [-0.25, -0.2) is 4.68 Å². The van der Waals surface area contributed by atoms with Gasteiger partial charge in [0.05, 0.1) is 51.9 Å². The van der Waals surface area contributed by atoms with E-state index in [1.54, 1.807) is 0 Å². The minimum Gasteiger partial charge on any atom is -0.378 e. The third kappa shape index (κ3) is 8.16. The Balaban J connectivity index is 1.46. The molecular weight excluding hydrogens is 310 g/mol. The van der Waals surface area contributed by atoms with E-state index < -0.39 is 0 Å². The highest BCUT2D eigenvalue weighted by Crippen LogP contribution is 2.11. The molecule has 8 heteroatoms. The maximum absolute atomic E-state index is 5.54. The molecule has 138 valence electrons. The Morgan fingerprint density at radius 3 is 2.29 bits per heavy atom. The third-order valence-corrected chi connectivity index (χ3v) is 3.89. The number of aromatic nitrogens is 3. The lowest BCUT2D eigenvalue weighted by Crippen LogP contribution is -2.29. The molecule has 0 radical (unpaired) electrons. The van der Waals surface area contributed by atoms with Crippen LogP contribution in [0.3, 0.4) is 0 Å². The Morgan fingerprint density at radius 2 is 1.58 bits per heavy atom. The average molecular weight is 341 g/mol. The summed E-state index contributed by atoms with van der Waals surface area (Å²) in [4.78, 5) is 2.45. The van der Waals surface area contributed by atoms with Crippen molar-refractivity contribution in [2.45, 2.75) is 32.4 Å². The van der Waals surface area contributed by atoms with Crippen molar-refractivity contribution in [3.05, 3.63) is 11.9 Å². The Bertz CT molecular complexity index is 424. The van der Waals surface area contributed by atoms with Crippen molar-refractivity contribution in [1.29, 1.82) is 0 Å². The van der Waals surface area contributed by atoms with Gasteiger partial charge in [-0.15, -0.1) is 5.10 Å². The fraction of sp³-hybridized carbons (Fsp3) is 0.875. The molecule has 0 aromatic carbocycles. The van der Waals surface area contributed by atoms with E-state index in [-0.39, 0.29) is 0 Å². The van der Waals surface area contributed by atoms with E-state index in [9.17, 15) is 0 Å². The Labute approximate surface area is 144 Å². The zero-order valence-corrected chi connectivity index (χ0v) is 14.6. The van der Waals surface area contributed by atoms with Gasteiger partial charge in [-0.1, -0.05) is 11.6 Å². The normalized spacial score (nSPS) is 15.9. The van der Waals surface area contributed by atoms with Crippen LogP contribution in [0.4, 0.5) is 0 Å². The molecule has 1 aliphatic rings. The molecule has 0 saturated carbocycles. The molecule has 0 aliphatic carbocycles. The summed E-state index contributed by atoms with van der Waals surface area (Å²) in [6, 6.07) is 0. The molecule has 0 amide bonds. The summed E-state index contributed by atoms with van der Waals surface area (Å²) in [5.74, 6) is 0. The minimum absolute atomic E-state index is 0.547. The number of rotatable bonds is 13. The van der Waals surface area contributed by atoms with Crippen LogP contribution in [-0.4, -0.2) is 79.2 Å². The first kappa shape index (κ1) is 19.3. The van der Waals surface area contributed by atoms with Crippen molar-refractivity contribution in [2.24, 2.45) is 5.73 Å². The van der Waals surface area contributed by atoms with E-state index in [1.807, 2.05) is 10.9 Å². The number of nitrogens with zero attached hydrogens (tertiary/aromatic N) is 4. The molecule has 0 atom stereocenters. The molecule has 0 bridgehead atoms. The molecule has 24 heavy (non-hydrogen) atoms. The molecule has 8 nitrogen and oxygen atoms in total. The second kappa shape index (κ2) is 12.3. The van der Waals surface area contributed by atoms with Crippen LogP contribution in [0.5, 0.6) is 0 Å². The quantitative estimate of drug-likeness (QED) is 0.515. The van der Waals surface area contributed by atoms with E-state index in [0.717, 1.165) is 12.2 Å². The molecule has 1 aromatic heterocycles. The highest BCUT2D eigenvalue weighted by atomic mass is 16.5. The maximum atomic E-state index is 5.54. The van der Waals surface area contributed by atoms with Gasteiger partial charge in [-0.05, 0) is 25.9 Å². The van der Waals surface area contributed by atoms with Gasteiger partial charge in [-0.2, -0.15) is 0 Å². The monoisotopic (exact) mass is 341 g/mol. The topological polar surface area (TPSA) is 87.7 Å². The van der Waals surface area contributed by atoms with Crippen molar-refractivity contribution >= 4 is 0 Å². The first-order valence-electron chi connectivity index (χ1n) is 8.93. The van der Waals surface area contributed by atoms with Gasteiger partial charge >= 0.3 is 0 Å². The summed E-state index contributed by atoms with van der Waals surface area (Å²) >= 11 is 0. The molecule has 0 unspecified atom stereocenters. The zero-order valence-electron chi connectivity index (χ0n) is 14.6. The maximum Gasteiger partial charge on any atom is 0.0967 e. The summed E-state index contributed by atoms with van der Waals surface area (Å²) in [6.07, 6.45) is 5.96. The molecule has 2 N–H and O–H groups in total. The summed E-state index contributed by atoms with van der Waals surface area (Å²) in [5, 5.41) is 8.40.